The number of hydrogen-bond donors (Lipinski definition) is 1. The SMILES string of the molecule is CCCCN(CCC(C)CN)c1ccccc1. The minimum absolute atomic E-state index is 0.614. The zero-order chi connectivity index (χ0) is 12.5. The molecule has 0 aromatic heterocycles. The predicted molar refractivity (Wildman–Crippen MR) is 76.4 cm³/mol. The maximum atomic E-state index is 5.68. The largest absolute Gasteiger partial charge is 0.372 e. The van der Waals surface area contributed by atoms with Crippen LogP contribution in [0.4, 0.5) is 5.69 Å². The summed E-state index contributed by atoms with van der Waals surface area (Å²) in [7, 11) is 0. The fourth-order valence-corrected chi connectivity index (χ4v) is 1.85. The Morgan fingerprint density at radius 3 is 2.47 bits per heavy atom. The molecule has 0 aliphatic rings. The number of benzene rings is 1. The number of rotatable bonds is 8. The molecule has 17 heavy (non-hydrogen) atoms. The van der Waals surface area contributed by atoms with E-state index in [0.717, 1.165) is 19.6 Å². The number of unbranched alkanes of at least 4 members (excludes halogenated alkanes) is 1. The molecular formula is C15H26N2. The fourth-order valence-electron chi connectivity index (χ4n) is 1.85. The molecular weight excluding hydrogens is 208 g/mol. The van der Waals surface area contributed by atoms with Crippen molar-refractivity contribution in [2.75, 3.05) is 24.5 Å². The molecule has 0 spiro atoms. The van der Waals surface area contributed by atoms with Crippen molar-refractivity contribution in [3.05, 3.63) is 30.3 Å². The van der Waals surface area contributed by atoms with E-state index < -0.39 is 0 Å². The van der Waals surface area contributed by atoms with Crippen LogP contribution in [0.3, 0.4) is 0 Å². The Morgan fingerprint density at radius 2 is 1.88 bits per heavy atom. The lowest BCUT2D eigenvalue weighted by molar-refractivity contribution is 0.532. The highest BCUT2D eigenvalue weighted by Crippen LogP contribution is 2.15. The van der Waals surface area contributed by atoms with Gasteiger partial charge in [-0.2, -0.15) is 0 Å². The van der Waals surface area contributed by atoms with Gasteiger partial charge in [-0.15, -0.1) is 0 Å². The van der Waals surface area contributed by atoms with E-state index in [0.29, 0.717) is 5.92 Å². The van der Waals surface area contributed by atoms with Crippen molar-refractivity contribution in [2.24, 2.45) is 11.7 Å². The summed E-state index contributed by atoms with van der Waals surface area (Å²) in [6.45, 7) is 7.52. The van der Waals surface area contributed by atoms with Gasteiger partial charge in [-0.25, -0.2) is 0 Å². The van der Waals surface area contributed by atoms with E-state index in [9.17, 15) is 0 Å². The summed E-state index contributed by atoms with van der Waals surface area (Å²) in [4.78, 5) is 2.48. The van der Waals surface area contributed by atoms with Crippen LogP contribution < -0.4 is 10.6 Å². The third kappa shape index (κ3) is 5.22. The van der Waals surface area contributed by atoms with Crippen molar-refractivity contribution in [1.82, 2.24) is 0 Å². The van der Waals surface area contributed by atoms with Crippen molar-refractivity contribution in [1.29, 1.82) is 0 Å². The van der Waals surface area contributed by atoms with Gasteiger partial charge < -0.3 is 10.6 Å². The van der Waals surface area contributed by atoms with Crippen LogP contribution in [0.2, 0.25) is 0 Å². The minimum atomic E-state index is 0.614. The van der Waals surface area contributed by atoms with Crippen molar-refractivity contribution < 1.29 is 0 Å². The van der Waals surface area contributed by atoms with E-state index in [-0.39, 0.29) is 0 Å². The number of nitrogens with two attached hydrogens (primary N) is 1. The van der Waals surface area contributed by atoms with Crippen molar-refractivity contribution in [2.45, 2.75) is 33.1 Å². The van der Waals surface area contributed by atoms with E-state index in [1.54, 1.807) is 0 Å². The summed E-state index contributed by atoms with van der Waals surface area (Å²) in [6, 6.07) is 10.7. The third-order valence-corrected chi connectivity index (χ3v) is 3.20. The molecule has 0 heterocycles. The van der Waals surface area contributed by atoms with Crippen molar-refractivity contribution in [3.8, 4) is 0 Å². The van der Waals surface area contributed by atoms with Crippen LogP contribution in [-0.2, 0) is 0 Å². The summed E-state index contributed by atoms with van der Waals surface area (Å²) in [6.07, 6.45) is 3.68. The monoisotopic (exact) mass is 234 g/mol. The summed E-state index contributed by atoms with van der Waals surface area (Å²) < 4.78 is 0. The van der Waals surface area contributed by atoms with Crippen LogP contribution in [-0.4, -0.2) is 19.6 Å². The predicted octanol–water partition coefficient (Wildman–Crippen LogP) is 3.28. The highest BCUT2D eigenvalue weighted by Gasteiger charge is 2.07. The summed E-state index contributed by atoms with van der Waals surface area (Å²) >= 11 is 0. The molecule has 0 bridgehead atoms. The minimum Gasteiger partial charge on any atom is -0.372 e. The van der Waals surface area contributed by atoms with E-state index in [4.69, 9.17) is 5.73 Å². The molecule has 1 rings (SSSR count). The highest BCUT2D eigenvalue weighted by atomic mass is 15.1. The molecule has 1 atom stereocenters. The van der Waals surface area contributed by atoms with Crippen LogP contribution in [0.1, 0.15) is 33.1 Å². The van der Waals surface area contributed by atoms with E-state index in [1.165, 1.54) is 24.9 Å². The van der Waals surface area contributed by atoms with Gasteiger partial charge in [0, 0.05) is 18.8 Å². The molecule has 0 amide bonds. The fraction of sp³-hybridized carbons (Fsp3) is 0.600. The van der Waals surface area contributed by atoms with Crippen LogP contribution in [0, 0.1) is 5.92 Å². The average Bonchev–Trinajstić information content (AvgIpc) is 2.39. The second-order valence-electron chi connectivity index (χ2n) is 4.81. The second-order valence-corrected chi connectivity index (χ2v) is 4.81. The summed E-state index contributed by atoms with van der Waals surface area (Å²) in [5.74, 6) is 0.614. The molecule has 0 saturated carbocycles. The van der Waals surface area contributed by atoms with E-state index >= 15 is 0 Å². The van der Waals surface area contributed by atoms with Gasteiger partial charge >= 0.3 is 0 Å². The van der Waals surface area contributed by atoms with Gasteiger partial charge in [-0.05, 0) is 37.4 Å². The maximum absolute atomic E-state index is 5.68. The normalized spacial score (nSPS) is 12.4. The van der Waals surface area contributed by atoms with Crippen molar-refractivity contribution >= 4 is 5.69 Å². The quantitative estimate of drug-likeness (QED) is 0.748. The lowest BCUT2D eigenvalue weighted by atomic mass is 10.1. The number of hydrogen-bond acceptors (Lipinski definition) is 2. The molecule has 0 saturated heterocycles. The molecule has 2 heteroatoms. The van der Waals surface area contributed by atoms with Gasteiger partial charge in [0.2, 0.25) is 0 Å². The zero-order valence-electron chi connectivity index (χ0n) is 11.2. The van der Waals surface area contributed by atoms with E-state index in [2.05, 4.69) is 49.1 Å². The van der Waals surface area contributed by atoms with Crippen LogP contribution in [0.5, 0.6) is 0 Å². The Bertz CT molecular complexity index is 284. The van der Waals surface area contributed by atoms with Gasteiger partial charge in [0.05, 0.1) is 0 Å². The molecule has 2 N–H and O–H groups in total. The number of para-hydroxylation sites is 1. The van der Waals surface area contributed by atoms with Gasteiger partial charge in [0.25, 0.3) is 0 Å². The van der Waals surface area contributed by atoms with Crippen molar-refractivity contribution in [3.63, 3.8) is 0 Å². The van der Waals surface area contributed by atoms with Crippen LogP contribution in [0.15, 0.2) is 30.3 Å². The maximum Gasteiger partial charge on any atom is 0.0366 e. The Morgan fingerprint density at radius 1 is 1.18 bits per heavy atom. The first kappa shape index (κ1) is 14.0. The molecule has 0 fully saturated rings. The molecule has 1 aromatic rings. The molecule has 0 aliphatic heterocycles. The number of anilines is 1. The standard InChI is InChI=1S/C15H26N2/c1-3-4-11-17(12-10-14(2)13-16)15-8-6-5-7-9-15/h5-9,14H,3-4,10-13,16H2,1-2H3. The lowest BCUT2D eigenvalue weighted by Crippen LogP contribution is -2.28. The third-order valence-electron chi connectivity index (χ3n) is 3.20. The first-order valence-electron chi connectivity index (χ1n) is 6.78. The van der Waals surface area contributed by atoms with E-state index in [1.807, 2.05) is 0 Å². The molecule has 0 radical (unpaired) electrons. The molecule has 96 valence electrons. The lowest BCUT2D eigenvalue weighted by Gasteiger charge is -2.26. The highest BCUT2D eigenvalue weighted by molar-refractivity contribution is 5.45. The Labute approximate surface area is 106 Å². The first-order valence-corrected chi connectivity index (χ1v) is 6.78. The average molecular weight is 234 g/mol. The number of nitrogens with zero attached hydrogens (tertiary/aromatic N) is 1. The Kier molecular flexibility index (Phi) is 6.71. The van der Waals surface area contributed by atoms with Gasteiger partial charge in [-0.3, -0.25) is 0 Å². The Hall–Kier alpha value is -1.02. The smallest absolute Gasteiger partial charge is 0.0366 e. The van der Waals surface area contributed by atoms with Gasteiger partial charge in [0.15, 0.2) is 0 Å². The molecule has 2 nitrogen and oxygen atoms in total. The van der Waals surface area contributed by atoms with Gasteiger partial charge in [-0.1, -0.05) is 38.5 Å². The van der Waals surface area contributed by atoms with Crippen LogP contribution >= 0.6 is 0 Å². The molecule has 0 aliphatic carbocycles. The molecule has 1 unspecified atom stereocenters. The first-order chi connectivity index (χ1) is 8.27. The molecule has 1 aromatic carbocycles. The summed E-state index contributed by atoms with van der Waals surface area (Å²) in [5, 5.41) is 0. The Balaban J connectivity index is 2.54. The van der Waals surface area contributed by atoms with Gasteiger partial charge in [0.1, 0.15) is 0 Å². The topological polar surface area (TPSA) is 29.3 Å². The second kappa shape index (κ2) is 8.13. The summed E-state index contributed by atoms with van der Waals surface area (Å²) in [5.41, 5.74) is 7.02. The zero-order valence-corrected chi connectivity index (χ0v) is 11.2. The van der Waals surface area contributed by atoms with Crippen LogP contribution in [0.25, 0.3) is 0 Å².